The summed E-state index contributed by atoms with van der Waals surface area (Å²) < 4.78 is 0. The second kappa shape index (κ2) is 8.87. The fraction of sp³-hybridized carbons (Fsp3) is 0.875. The summed E-state index contributed by atoms with van der Waals surface area (Å²) in [6, 6.07) is 0. The van der Waals surface area contributed by atoms with E-state index in [-0.39, 0.29) is 5.91 Å². The van der Waals surface area contributed by atoms with Crippen molar-refractivity contribution in [2.75, 3.05) is 18.8 Å². The van der Waals surface area contributed by atoms with E-state index >= 15 is 0 Å². The van der Waals surface area contributed by atoms with Gasteiger partial charge in [-0.15, -0.1) is 0 Å². The van der Waals surface area contributed by atoms with Gasteiger partial charge >= 0.3 is 0 Å². The summed E-state index contributed by atoms with van der Waals surface area (Å²) in [6.45, 7) is 1.10. The number of hydrogen-bond acceptors (Lipinski definition) is 3. The molecule has 0 aromatic rings. The monoisotopic (exact) mass is 190 g/mol. The van der Waals surface area contributed by atoms with Gasteiger partial charge in [-0.3, -0.25) is 4.79 Å². The van der Waals surface area contributed by atoms with Crippen molar-refractivity contribution in [2.45, 2.75) is 25.7 Å². The first-order valence-corrected chi connectivity index (χ1v) is 5.02. The van der Waals surface area contributed by atoms with Gasteiger partial charge in [-0.25, -0.2) is 0 Å². The Morgan fingerprint density at radius 2 is 2.08 bits per heavy atom. The van der Waals surface area contributed by atoms with Gasteiger partial charge in [0.25, 0.3) is 0 Å². The maximum atomic E-state index is 11.0. The van der Waals surface area contributed by atoms with Crippen molar-refractivity contribution in [3.05, 3.63) is 0 Å². The van der Waals surface area contributed by atoms with E-state index < -0.39 is 0 Å². The molecule has 72 valence electrons. The number of nitrogens with one attached hydrogen (secondary N) is 1. The molecular formula is C8H18N2OS. The Kier molecular flexibility index (Phi) is 8.71. The molecule has 0 radical (unpaired) electrons. The molecule has 0 aliphatic rings. The Bertz CT molecular complexity index is 120. The van der Waals surface area contributed by atoms with Crippen LogP contribution in [0.15, 0.2) is 0 Å². The molecule has 0 aliphatic carbocycles. The van der Waals surface area contributed by atoms with Crippen molar-refractivity contribution in [1.82, 2.24) is 5.32 Å². The second-order valence-corrected chi connectivity index (χ2v) is 3.12. The molecule has 12 heavy (non-hydrogen) atoms. The zero-order valence-corrected chi connectivity index (χ0v) is 8.28. The summed E-state index contributed by atoms with van der Waals surface area (Å²) in [6.07, 6.45) is 3.75. The van der Waals surface area contributed by atoms with Crippen LogP contribution in [-0.4, -0.2) is 24.7 Å². The lowest BCUT2D eigenvalue weighted by Gasteiger charge is -2.02. The van der Waals surface area contributed by atoms with Crippen LogP contribution < -0.4 is 11.1 Å². The van der Waals surface area contributed by atoms with E-state index in [2.05, 4.69) is 17.9 Å². The topological polar surface area (TPSA) is 55.1 Å². The molecule has 0 aliphatic heterocycles. The SMILES string of the molecule is NCCNC(=O)CCCCCS. The Morgan fingerprint density at radius 1 is 1.33 bits per heavy atom. The van der Waals surface area contributed by atoms with E-state index in [0.717, 1.165) is 25.0 Å². The molecular weight excluding hydrogens is 172 g/mol. The fourth-order valence-electron chi connectivity index (χ4n) is 0.874. The number of amides is 1. The number of rotatable bonds is 7. The number of carbonyl (C=O) groups excluding carboxylic acids is 1. The van der Waals surface area contributed by atoms with E-state index in [1.165, 1.54) is 0 Å². The lowest BCUT2D eigenvalue weighted by Crippen LogP contribution is -2.28. The molecule has 0 atom stereocenters. The maximum Gasteiger partial charge on any atom is 0.220 e. The van der Waals surface area contributed by atoms with Gasteiger partial charge in [0.1, 0.15) is 0 Å². The van der Waals surface area contributed by atoms with Gasteiger partial charge in [0.05, 0.1) is 0 Å². The molecule has 3 nitrogen and oxygen atoms in total. The largest absolute Gasteiger partial charge is 0.355 e. The number of unbranched alkanes of at least 4 members (excludes halogenated alkanes) is 2. The normalized spacial score (nSPS) is 9.83. The highest BCUT2D eigenvalue weighted by atomic mass is 32.1. The summed E-state index contributed by atoms with van der Waals surface area (Å²) >= 11 is 4.08. The zero-order chi connectivity index (χ0) is 9.23. The summed E-state index contributed by atoms with van der Waals surface area (Å²) in [5, 5.41) is 2.73. The Balaban J connectivity index is 3.08. The van der Waals surface area contributed by atoms with Crippen molar-refractivity contribution in [2.24, 2.45) is 5.73 Å². The lowest BCUT2D eigenvalue weighted by molar-refractivity contribution is -0.121. The van der Waals surface area contributed by atoms with Gasteiger partial charge in [-0.05, 0) is 18.6 Å². The van der Waals surface area contributed by atoms with Gasteiger partial charge in [0, 0.05) is 19.5 Å². The molecule has 0 spiro atoms. The van der Waals surface area contributed by atoms with Gasteiger partial charge in [-0.1, -0.05) is 6.42 Å². The molecule has 0 rings (SSSR count). The van der Waals surface area contributed by atoms with Crippen LogP contribution in [0.3, 0.4) is 0 Å². The average Bonchev–Trinajstić information content (AvgIpc) is 2.09. The third kappa shape index (κ3) is 7.88. The molecule has 1 amide bonds. The van der Waals surface area contributed by atoms with Crippen molar-refractivity contribution in [3.63, 3.8) is 0 Å². The number of carbonyl (C=O) groups is 1. The third-order valence-corrected chi connectivity index (χ3v) is 1.84. The first-order chi connectivity index (χ1) is 5.81. The van der Waals surface area contributed by atoms with Crippen molar-refractivity contribution < 1.29 is 4.79 Å². The van der Waals surface area contributed by atoms with Gasteiger partial charge in [-0.2, -0.15) is 12.6 Å². The Hall–Kier alpha value is -0.220. The molecule has 0 heterocycles. The van der Waals surface area contributed by atoms with E-state index in [4.69, 9.17) is 5.73 Å². The summed E-state index contributed by atoms with van der Waals surface area (Å²) in [5.74, 6) is 1.02. The smallest absolute Gasteiger partial charge is 0.220 e. The highest BCUT2D eigenvalue weighted by Gasteiger charge is 1.98. The van der Waals surface area contributed by atoms with Crippen LogP contribution in [0.5, 0.6) is 0 Å². The highest BCUT2D eigenvalue weighted by Crippen LogP contribution is 2.00. The molecule has 4 heteroatoms. The number of nitrogens with two attached hydrogens (primary N) is 1. The molecule has 0 aromatic carbocycles. The molecule has 3 N–H and O–H groups in total. The lowest BCUT2D eigenvalue weighted by atomic mass is 10.2. The van der Waals surface area contributed by atoms with Gasteiger partial charge < -0.3 is 11.1 Å². The minimum Gasteiger partial charge on any atom is -0.355 e. The standard InChI is InChI=1S/C8H18N2OS/c9-5-6-10-8(11)4-2-1-3-7-12/h12H,1-7,9H2,(H,10,11). The maximum absolute atomic E-state index is 11.0. The highest BCUT2D eigenvalue weighted by molar-refractivity contribution is 7.80. The van der Waals surface area contributed by atoms with Crippen LogP contribution in [0, 0.1) is 0 Å². The van der Waals surface area contributed by atoms with E-state index in [1.807, 2.05) is 0 Å². The predicted octanol–water partition coefficient (Wildman–Crippen LogP) is 0.551. The Morgan fingerprint density at radius 3 is 2.67 bits per heavy atom. The minimum absolute atomic E-state index is 0.111. The predicted molar refractivity (Wildman–Crippen MR) is 54.4 cm³/mol. The summed E-state index contributed by atoms with van der Waals surface area (Å²) in [5.41, 5.74) is 5.23. The molecule has 0 saturated heterocycles. The van der Waals surface area contributed by atoms with Gasteiger partial charge in [0.2, 0.25) is 5.91 Å². The first kappa shape index (κ1) is 11.8. The third-order valence-electron chi connectivity index (χ3n) is 1.53. The average molecular weight is 190 g/mol. The summed E-state index contributed by atoms with van der Waals surface area (Å²) in [4.78, 5) is 11.0. The first-order valence-electron chi connectivity index (χ1n) is 4.39. The van der Waals surface area contributed by atoms with E-state index in [9.17, 15) is 4.79 Å². The van der Waals surface area contributed by atoms with Gasteiger partial charge in [0.15, 0.2) is 0 Å². The van der Waals surface area contributed by atoms with Crippen LogP contribution in [0.25, 0.3) is 0 Å². The van der Waals surface area contributed by atoms with Crippen LogP contribution >= 0.6 is 12.6 Å². The molecule has 0 saturated carbocycles. The number of hydrogen-bond donors (Lipinski definition) is 3. The van der Waals surface area contributed by atoms with Crippen molar-refractivity contribution >= 4 is 18.5 Å². The van der Waals surface area contributed by atoms with Crippen LogP contribution in [-0.2, 0) is 4.79 Å². The van der Waals surface area contributed by atoms with Crippen LogP contribution in [0.4, 0.5) is 0 Å². The second-order valence-electron chi connectivity index (χ2n) is 2.67. The summed E-state index contributed by atoms with van der Waals surface area (Å²) in [7, 11) is 0. The van der Waals surface area contributed by atoms with Crippen molar-refractivity contribution in [1.29, 1.82) is 0 Å². The van der Waals surface area contributed by atoms with Crippen molar-refractivity contribution in [3.8, 4) is 0 Å². The molecule has 0 unspecified atom stereocenters. The zero-order valence-electron chi connectivity index (χ0n) is 7.38. The van der Waals surface area contributed by atoms with Crippen LogP contribution in [0.2, 0.25) is 0 Å². The number of thiol groups is 1. The molecule has 0 bridgehead atoms. The Labute approximate surface area is 79.5 Å². The fourth-order valence-corrected chi connectivity index (χ4v) is 1.10. The molecule has 0 aromatic heterocycles. The molecule has 0 fully saturated rings. The van der Waals surface area contributed by atoms with Crippen LogP contribution in [0.1, 0.15) is 25.7 Å². The van der Waals surface area contributed by atoms with E-state index in [1.54, 1.807) is 0 Å². The minimum atomic E-state index is 0.111. The van der Waals surface area contributed by atoms with E-state index in [0.29, 0.717) is 19.5 Å². The quantitative estimate of drug-likeness (QED) is 0.406.